The van der Waals surface area contributed by atoms with E-state index in [2.05, 4.69) is 24.0 Å². The average Bonchev–Trinajstić information content (AvgIpc) is 2.79. The van der Waals surface area contributed by atoms with Crippen molar-refractivity contribution in [2.45, 2.75) is 13.5 Å². The lowest BCUT2D eigenvalue weighted by Crippen LogP contribution is -2.32. The van der Waals surface area contributed by atoms with Crippen molar-refractivity contribution < 1.29 is 13.9 Å². The third-order valence-electron chi connectivity index (χ3n) is 5.58. The van der Waals surface area contributed by atoms with Crippen LogP contribution in [-0.4, -0.2) is 13.8 Å². The molecule has 30 heavy (non-hydrogen) atoms. The zero-order valence-corrected chi connectivity index (χ0v) is 16.8. The number of hydrogen-bond acceptors (Lipinski definition) is 5. The molecule has 0 unspecified atom stereocenters. The van der Waals surface area contributed by atoms with Crippen LogP contribution in [0.5, 0.6) is 11.5 Å². The third kappa shape index (κ3) is 2.90. The summed E-state index contributed by atoms with van der Waals surface area (Å²) in [5.74, 6) is 1.39. The molecule has 5 nitrogen and oxygen atoms in total. The lowest BCUT2D eigenvalue weighted by Gasteiger charge is -2.32. The molecule has 0 saturated heterocycles. The van der Waals surface area contributed by atoms with Gasteiger partial charge in [-0.15, -0.1) is 0 Å². The topological polar surface area (TPSA) is 51.9 Å². The predicted molar refractivity (Wildman–Crippen MR) is 117 cm³/mol. The van der Waals surface area contributed by atoms with Gasteiger partial charge in [-0.2, -0.15) is 0 Å². The average molecular weight is 399 g/mol. The fraction of sp³-hybridized carbons (Fsp3) is 0.160. The molecule has 5 heteroatoms. The van der Waals surface area contributed by atoms with Crippen LogP contribution in [0, 0.1) is 6.92 Å². The standard InChI is InChI=1S/C25H21NO4/c1-16-7-3-5-9-21(16)26-13-19-23(30-15-26)12-11-18-24(27)20(14-29-25(18)19)17-8-4-6-10-22(17)28-2/h3-12,14H,13,15H2,1-2H3. The molecule has 1 aromatic heterocycles. The zero-order chi connectivity index (χ0) is 20.7. The minimum atomic E-state index is -0.0865. The minimum Gasteiger partial charge on any atom is -0.496 e. The summed E-state index contributed by atoms with van der Waals surface area (Å²) in [4.78, 5) is 15.5. The normalized spacial score (nSPS) is 13.1. The largest absolute Gasteiger partial charge is 0.496 e. The molecule has 0 saturated carbocycles. The predicted octanol–water partition coefficient (Wildman–Crippen LogP) is 5.13. The number of nitrogens with zero attached hydrogens (tertiary/aromatic N) is 1. The van der Waals surface area contributed by atoms with E-state index in [0.717, 1.165) is 17.0 Å². The van der Waals surface area contributed by atoms with Crippen molar-refractivity contribution in [3.8, 4) is 22.6 Å². The van der Waals surface area contributed by atoms with Gasteiger partial charge in [0.15, 0.2) is 6.73 Å². The SMILES string of the molecule is COc1ccccc1-c1coc2c3c(ccc2c1=O)OCN(c1ccccc1C)C3. The van der Waals surface area contributed by atoms with Crippen molar-refractivity contribution in [2.24, 2.45) is 0 Å². The van der Waals surface area contributed by atoms with Gasteiger partial charge in [-0.25, -0.2) is 0 Å². The van der Waals surface area contributed by atoms with Gasteiger partial charge in [0, 0.05) is 11.3 Å². The van der Waals surface area contributed by atoms with E-state index in [1.165, 1.54) is 11.8 Å². The molecule has 0 bridgehead atoms. The maximum atomic E-state index is 13.3. The first-order valence-electron chi connectivity index (χ1n) is 9.81. The van der Waals surface area contributed by atoms with E-state index in [0.29, 0.717) is 41.1 Å². The molecule has 2 heterocycles. The van der Waals surface area contributed by atoms with Crippen molar-refractivity contribution in [3.63, 3.8) is 0 Å². The first-order valence-corrected chi connectivity index (χ1v) is 9.81. The highest BCUT2D eigenvalue weighted by molar-refractivity contribution is 5.87. The minimum absolute atomic E-state index is 0.0865. The van der Waals surface area contributed by atoms with Crippen molar-refractivity contribution in [2.75, 3.05) is 18.7 Å². The summed E-state index contributed by atoms with van der Waals surface area (Å²) in [5.41, 5.74) is 4.83. The second kappa shape index (κ2) is 7.26. The summed E-state index contributed by atoms with van der Waals surface area (Å²) in [7, 11) is 1.59. The number of ether oxygens (including phenoxy) is 2. The summed E-state index contributed by atoms with van der Waals surface area (Å²) in [6, 6.07) is 19.3. The van der Waals surface area contributed by atoms with Crippen LogP contribution in [-0.2, 0) is 6.54 Å². The number of anilines is 1. The molecule has 0 N–H and O–H groups in total. The first kappa shape index (κ1) is 18.3. The van der Waals surface area contributed by atoms with E-state index < -0.39 is 0 Å². The number of benzene rings is 3. The van der Waals surface area contributed by atoms with Gasteiger partial charge in [-0.1, -0.05) is 36.4 Å². The number of para-hydroxylation sites is 2. The van der Waals surface area contributed by atoms with E-state index >= 15 is 0 Å². The van der Waals surface area contributed by atoms with Gasteiger partial charge >= 0.3 is 0 Å². The molecular formula is C25H21NO4. The molecule has 5 rings (SSSR count). The van der Waals surface area contributed by atoms with Gasteiger partial charge in [-0.3, -0.25) is 4.79 Å². The van der Waals surface area contributed by atoms with E-state index in [1.54, 1.807) is 13.2 Å². The van der Waals surface area contributed by atoms with Gasteiger partial charge in [-0.05, 0) is 36.8 Å². The van der Waals surface area contributed by atoms with Crippen molar-refractivity contribution in [1.29, 1.82) is 0 Å². The molecule has 0 amide bonds. The highest BCUT2D eigenvalue weighted by Gasteiger charge is 2.24. The van der Waals surface area contributed by atoms with Crippen LogP contribution >= 0.6 is 0 Å². The fourth-order valence-electron chi connectivity index (χ4n) is 4.03. The van der Waals surface area contributed by atoms with E-state index in [4.69, 9.17) is 13.9 Å². The van der Waals surface area contributed by atoms with Crippen LogP contribution in [0.2, 0.25) is 0 Å². The first-order chi connectivity index (χ1) is 14.7. The van der Waals surface area contributed by atoms with Crippen molar-refractivity contribution in [3.05, 3.63) is 88.3 Å². The molecular weight excluding hydrogens is 378 g/mol. The molecule has 0 fully saturated rings. The Morgan fingerprint density at radius 2 is 1.77 bits per heavy atom. The maximum Gasteiger partial charge on any atom is 0.200 e. The molecule has 0 aliphatic carbocycles. The zero-order valence-electron chi connectivity index (χ0n) is 16.8. The second-order valence-corrected chi connectivity index (χ2v) is 7.36. The monoisotopic (exact) mass is 399 g/mol. The Kier molecular flexibility index (Phi) is 4.43. The summed E-state index contributed by atoms with van der Waals surface area (Å²) < 4.78 is 17.4. The molecule has 0 radical (unpaired) electrons. The third-order valence-corrected chi connectivity index (χ3v) is 5.58. The number of fused-ring (bicyclic) bond motifs is 3. The molecule has 3 aromatic carbocycles. The van der Waals surface area contributed by atoms with Crippen LogP contribution in [0.4, 0.5) is 5.69 Å². The summed E-state index contributed by atoms with van der Waals surface area (Å²) >= 11 is 0. The lowest BCUT2D eigenvalue weighted by atomic mass is 10.0. The molecule has 0 atom stereocenters. The Hall–Kier alpha value is -3.73. The van der Waals surface area contributed by atoms with Crippen LogP contribution in [0.3, 0.4) is 0 Å². The van der Waals surface area contributed by atoms with E-state index in [-0.39, 0.29) is 5.43 Å². The lowest BCUT2D eigenvalue weighted by molar-refractivity contribution is 0.289. The van der Waals surface area contributed by atoms with Crippen LogP contribution in [0.1, 0.15) is 11.1 Å². The van der Waals surface area contributed by atoms with Crippen LogP contribution < -0.4 is 19.8 Å². The van der Waals surface area contributed by atoms with Crippen LogP contribution in [0.25, 0.3) is 22.1 Å². The second-order valence-electron chi connectivity index (χ2n) is 7.36. The Morgan fingerprint density at radius 1 is 0.967 bits per heavy atom. The van der Waals surface area contributed by atoms with Crippen molar-refractivity contribution >= 4 is 16.7 Å². The van der Waals surface area contributed by atoms with Gasteiger partial charge in [0.25, 0.3) is 0 Å². The Labute approximate surface area is 174 Å². The van der Waals surface area contributed by atoms with Gasteiger partial charge < -0.3 is 18.8 Å². The molecule has 150 valence electrons. The smallest absolute Gasteiger partial charge is 0.200 e. The molecule has 4 aromatic rings. The highest BCUT2D eigenvalue weighted by Crippen LogP contribution is 2.36. The number of hydrogen-bond donors (Lipinski definition) is 0. The van der Waals surface area contributed by atoms with Crippen LogP contribution in [0.15, 0.2) is 76.1 Å². The van der Waals surface area contributed by atoms with E-state index in [9.17, 15) is 4.79 Å². The Balaban J connectivity index is 1.63. The summed E-state index contributed by atoms with van der Waals surface area (Å²) in [5, 5.41) is 0.535. The Bertz CT molecular complexity index is 1310. The molecule has 0 spiro atoms. The molecule has 1 aliphatic rings. The Morgan fingerprint density at radius 3 is 2.60 bits per heavy atom. The summed E-state index contributed by atoms with van der Waals surface area (Å²) in [6.07, 6.45) is 1.52. The quantitative estimate of drug-likeness (QED) is 0.478. The van der Waals surface area contributed by atoms with Gasteiger partial charge in [0.1, 0.15) is 23.3 Å². The van der Waals surface area contributed by atoms with Gasteiger partial charge in [0.05, 0.1) is 30.2 Å². The number of methoxy groups -OCH3 is 1. The summed E-state index contributed by atoms with van der Waals surface area (Å²) in [6.45, 7) is 3.13. The van der Waals surface area contributed by atoms with Crippen molar-refractivity contribution in [1.82, 2.24) is 0 Å². The van der Waals surface area contributed by atoms with Gasteiger partial charge in [0.2, 0.25) is 5.43 Å². The maximum absolute atomic E-state index is 13.3. The van der Waals surface area contributed by atoms with E-state index in [1.807, 2.05) is 42.5 Å². The number of aryl methyl sites for hydroxylation is 1. The number of rotatable bonds is 3. The molecule has 1 aliphatic heterocycles. The highest BCUT2D eigenvalue weighted by atomic mass is 16.5. The fourth-order valence-corrected chi connectivity index (χ4v) is 4.03.